The van der Waals surface area contributed by atoms with Crippen molar-refractivity contribution in [3.63, 3.8) is 0 Å². The van der Waals surface area contributed by atoms with E-state index in [0.717, 1.165) is 21.4 Å². The lowest BCUT2D eigenvalue weighted by Gasteiger charge is -2.15. The lowest BCUT2D eigenvalue weighted by molar-refractivity contribution is -0.577. The summed E-state index contributed by atoms with van der Waals surface area (Å²) in [5.41, 5.74) is 3.55. The van der Waals surface area contributed by atoms with Gasteiger partial charge in [0.2, 0.25) is 0 Å². The molecule has 8 heteroatoms. The Morgan fingerprint density at radius 1 is 0.946 bits per heavy atom. The highest BCUT2D eigenvalue weighted by atomic mass is 19.1. The lowest BCUT2D eigenvalue weighted by Crippen LogP contribution is -2.39. The van der Waals surface area contributed by atoms with Crippen LogP contribution in [0.1, 0.15) is 34.9 Å². The summed E-state index contributed by atoms with van der Waals surface area (Å²) in [5, 5.41) is 18.2. The third-order valence-corrected chi connectivity index (χ3v) is 6.30. The van der Waals surface area contributed by atoms with Gasteiger partial charge < -0.3 is 5.11 Å². The molecule has 186 valence electrons. The third-order valence-electron chi connectivity index (χ3n) is 6.30. The van der Waals surface area contributed by atoms with E-state index in [0.29, 0.717) is 17.8 Å². The summed E-state index contributed by atoms with van der Waals surface area (Å²) in [5.74, 6) is -2.02. The summed E-state index contributed by atoms with van der Waals surface area (Å²) in [6.07, 6.45) is 3.88. The van der Waals surface area contributed by atoms with Crippen molar-refractivity contribution in [1.29, 1.82) is 0 Å². The standard InChI is InChI=1S/C29H25FN4O3/c1-4-23-24(28(36)34(31-23)22-12-10-21(30)11-13-22)25-26(32-15-18(2)14-19(3)16-32)29(37)33(27(25)35)17-20-8-6-5-7-9-20/h5-16H,4,17H2,1-3H3. The van der Waals surface area contributed by atoms with Gasteiger partial charge >= 0.3 is 5.91 Å². The molecule has 0 saturated heterocycles. The van der Waals surface area contributed by atoms with E-state index in [1.165, 1.54) is 29.2 Å². The average Bonchev–Trinajstić information content (AvgIpc) is 3.32. The van der Waals surface area contributed by atoms with Crippen molar-refractivity contribution >= 4 is 23.1 Å². The molecule has 2 amide bonds. The molecule has 0 fully saturated rings. The van der Waals surface area contributed by atoms with E-state index in [1.807, 2.05) is 57.2 Å². The van der Waals surface area contributed by atoms with Gasteiger partial charge in [-0.2, -0.15) is 9.67 Å². The monoisotopic (exact) mass is 496 g/mol. The molecule has 7 nitrogen and oxygen atoms in total. The van der Waals surface area contributed by atoms with Crippen molar-refractivity contribution in [2.24, 2.45) is 0 Å². The SMILES string of the molecule is CCc1nn(-c2ccc(F)cc2)c([O-])c1C1=C([n+]2cc(C)cc(C)c2)C(=O)N(Cc2ccccc2)C1=O. The van der Waals surface area contributed by atoms with Gasteiger partial charge in [-0.15, -0.1) is 0 Å². The molecule has 0 atom stereocenters. The molecule has 0 spiro atoms. The van der Waals surface area contributed by atoms with E-state index in [2.05, 4.69) is 5.10 Å². The van der Waals surface area contributed by atoms with Crippen molar-refractivity contribution in [2.45, 2.75) is 33.7 Å². The molecule has 0 N–H and O–H groups in total. The first-order valence-corrected chi connectivity index (χ1v) is 12.0. The van der Waals surface area contributed by atoms with Crippen molar-refractivity contribution in [1.82, 2.24) is 14.7 Å². The maximum absolute atomic E-state index is 13.9. The molecule has 0 aliphatic carbocycles. The van der Waals surface area contributed by atoms with Gasteiger partial charge in [-0.3, -0.25) is 14.5 Å². The summed E-state index contributed by atoms with van der Waals surface area (Å²) < 4.78 is 16.3. The average molecular weight is 497 g/mol. The van der Waals surface area contributed by atoms with Crippen LogP contribution in [0.15, 0.2) is 73.1 Å². The maximum atomic E-state index is 13.9. The fraction of sp³-hybridized carbons (Fsp3) is 0.172. The Bertz CT molecular complexity index is 1540. The van der Waals surface area contributed by atoms with E-state index in [1.54, 1.807) is 17.0 Å². The number of carbonyl (C=O) groups is 2. The zero-order valence-electron chi connectivity index (χ0n) is 20.7. The van der Waals surface area contributed by atoms with Crippen molar-refractivity contribution < 1.29 is 23.7 Å². The fourth-order valence-electron chi connectivity index (χ4n) is 4.68. The highest BCUT2D eigenvalue weighted by molar-refractivity contribution is 6.44. The first-order chi connectivity index (χ1) is 17.8. The van der Waals surface area contributed by atoms with Gasteiger partial charge in [0.05, 0.1) is 17.9 Å². The number of carbonyl (C=O) groups excluding carboxylic acids is 2. The number of amides is 2. The van der Waals surface area contributed by atoms with Gasteiger partial charge in [0.1, 0.15) is 11.4 Å². The first-order valence-electron chi connectivity index (χ1n) is 12.0. The van der Waals surface area contributed by atoms with E-state index in [9.17, 15) is 19.1 Å². The predicted octanol–water partition coefficient (Wildman–Crippen LogP) is 3.49. The molecule has 1 aliphatic heterocycles. The number of rotatable bonds is 6. The van der Waals surface area contributed by atoms with Crippen LogP contribution < -0.4 is 9.67 Å². The van der Waals surface area contributed by atoms with Gasteiger partial charge in [-0.1, -0.05) is 37.3 Å². The summed E-state index contributed by atoms with van der Waals surface area (Å²) in [7, 11) is 0. The first kappa shape index (κ1) is 24.1. The van der Waals surface area contributed by atoms with Crippen molar-refractivity contribution in [2.75, 3.05) is 0 Å². The summed E-state index contributed by atoms with van der Waals surface area (Å²) >= 11 is 0. The number of nitrogens with zero attached hydrogens (tertiary/aromatic N) is 4. The van der Waals surface area contributed by atoms with Crippen LogP contribution in [0.2, 0.25) is 0 Å². The molecular weight excluding hydrogens is 471 g/mol. The largest absolute Gasteiger partial charge is 0.858 e. The quantitative estimate of drug-likeness (QED) is 0.302. The molecule has 0 unspecified atom stereocenters. The summed E-state index contributed by atoms with van der Waals surface area (Å²) in [6.45, 7) is 5.69. The minimum absolute atomic E-state index is 0.0196. The molecular formula is C29H25FN4O3. The minimum atomic E-state index is -0.555. The highest BCUT2D eigenvalue weighted by Gasteiger charge is 2.46. The zero-order valence-corrected chi connectivity index (χ0v) is 20.7. The van der Waals surface area contributed by atoms with E-state index < -0.39 is 23.5 Å². The van der Waals surface area contributed by atoms with Crippen molar-refractivity contribution in [3.05, 3.63) is 107 Å². The van der Waals surface area contributed by atoms with Crippen LogP contribution in [-0.2, 0) is 22.6 Å². The fourth-order valence-corrected chi connectivity index (χ4v) is 4.68. The number of hydrogen-bond acceptors (Lipinski definition) is 4. The maximum Gasteiger partial charge on any atom is 0.327 e. The number of halogens is 1. The van der Waals surface area contributed by atoms with Crippen LogP contribution in [0.5, 0.6) is 5.88 Å². The molecule has 0 saturated carbocycles. The second-order valence-corrected chi connectivity index (χ2v) is 9.07. The number of benzene rings is 2. The Labute approximate surface area is 213 Å². The Kier molecular flexibility index (Phi) is 6.17. The molecule has 3 heterocycles. The highest BCUT2D eigenvalue weighted by Crippen LogP contribution is 2.37. The molecule has 4 aromatic rings. The number of hydrogen-bond donors (Lipinski definition) is 0. The van der Waals surface area contributed by atoms with Gasteiger partial charge in [0, 0.05) is 16.7 Å². The molecule has 2 aromatic heterocycles. The topological polar surface area (TPSA) is 82.1 Å². The minimum Gasteiger partial charge on any atom is -0.858 e. The zero-order chi connectivity index (χ0) is 26.3. The Balaban J connectivity index is 1.73. The smallest absolute Gasteiger partial charge is 0.327 e. The second kappa shape index (κ2) is 9.46. The van der Waals surface area contributed by atoms with E-state index in [4.69, 9.17) is 0 Å². The number of pyridine rings is 1. The number of imide groups is 1. The number of aryl methyl sites for hydroxylation is 3. The van der Waals surface area contributed by atoms with Gasteiger partial charge in [-0.05, 0) is 62.0 Å². The van der Waals surface area contributed by atoms with Crippen LogP contribution in [0.3, 0.4) is 0 Å². The third kappa shape index (κ3) is 4.31. The molecule has 2 aromatic carbocycles. The Morgan fingerprint density at radius 2 is 1.59 bits per heavy atom. The van der Waals surface area contributed by atoms with Crippen LogP contribution in [0.4, 0.5) is 4.39 Å². The predicted molar refractivity (Wildman–Crippen MR) is 134 cm³/mol. The molecule has 0 bridgehead atoms. The summed E-state index contributed by atoms with van der Waals surface area (Å²) in [4.78, 5) is 28.9. The van der Waals surface area contributed by atoms with Crippen LogP contribution in [0.25, 0.3) is 17.0 Å². The molecule has 1 aliphatic rings. The van der Waals surface area contributed by atoms with Crippen LogP contribution in [-0.4, -0.2) is 26.5 Å². The lowest BCUT2D eigenvalue weighted by atomic mass is 10.0. The van der Waals surface area contributed by atoms with E-state index >= 15 is 0 Å². The number of aromatic nitrogens is 3. The summed E-state index contributed by atoms with van der Waals surface area (Å²) in [6, 6.07) is 16.6. The van der Waals surface area contributed by atoms with Crippen LogP contribution >= 0.6 is 0 Å². The molecule has 5 rings (SSSR count). The van der Waals surface area contributed by atoms with Gasteiger partial charge in [0.15, 0.2) is 12.4 Å². The van der Waals surface area contributed by atoms with Crippen LogP contribution in [0, 0.1) is 19.7 Å². The Morgan fingerprint density at radius 3 is 2.22 bits per heavy atom. The van der Waals surface area contributed by atoms with Crippen molar-refractivity contribution in [3.8, 4) is 11.6 Å². The van der Waals surface area contributed by atoms with Gasteiger partial charge in [-0.25, -0.2) is 9.07 Å². The molecule has 37 heavy (non-hydrogen) atoms. The second-order valence-electron chi connectivity index (χ2n) is 9.07. The normalized spacial score (nSPS) is 13.7. The molecule has 0 radical (unpaired) electrons. The van der Waals surface area contributed by atoms with E-state index in [-0.39, 0.29) is 23.4 Å². The van der Waals surface area contributed by atoms with Gasteiger partial charge in [0.25, 0.3) is 11.6 Å². The Hall–Kier alpha value is -4.59.